The van der Waals surface area contributed by atoms with Crippen molar-refractivity contribution in [3.05, 3.63) is 59.2 Å². The molecule has 0 saturated heterocycles. The molecule has 3 nitrogen and oxygen atoms in total. The third kappa shape index (κ3) is 6.03. The summed E-state index contributed by atoms with van der Waals surface area (Å²) in [6.45, 7) is 12.8. The first-order valence-corrected chi connectivity index (χ1v) is 11.3. The number of nitrogens with zero attached hydrogens (tertiary/aromatic N) is 1. The molecule has 2 aromatic carbocycles. The van der Waals surface area contributed by atoms with Gasteiger partial charge < -0.3 is 9.47 Å². The van der Waals surface area contributed by atoms with Crippen LogP contribution in [0, 0.1) is 12.8 Å². The molecule has 0 amide bonds. The Balaban J connectivity index is 1.69. The highest BCUT2D eigenvalue weighted by atomic mass is 32.2. The molecule has 0 saturated carbocycles. The van der Waals surface area contributed by atoms with Crippen molar-refractivity contribution in [3.8, 4) is 11.5 Å². The molecule has 0 unspecified atom stereocenters. The van der Waals surface area contributed by atoms with E-state index in [4.69, 9.17) is 9.47 Å². The molecule has 4 heteroatoms. The number of hydrogen-bond acceptors (Lipinski definition) is 4. The second-order valence-electron chi connectivity index (χ2n) is 8.72. The minimum Gasteiger partial charge on any atom is -0.496 e. The molecule has 0 spiro atoms. The monoisotopic (exact) mass is 411 g/mol. The van der Waals surface area contributed by atoms with Crippen molar-refractivity contribution in [1.29, 1.82) is 0 Å². The maximum atomic E-state index is 6.06. The lowest BCUT2D eigenvalue weighted by Gasteiger charge is -2.29. The number of hydrogen-bond donors (Lipinski definition) is 0. The van der Waals surface area contributed by atoms with Gasteiger partial charge in [-0.05, 0) is 74.2 Å². The minimum absolute atomic E-state index is 0.231. The van der Waals surface area contributed by atoms with Gasteiger partial charge in [0.1, 0.15) is 17.1 Å². The van der Waals surface area contributed by atoms with E-state index in [2.05, 4.69) is 88.1 Å². The van der Waals surface area contributed by atoms with Gasteiger partial charge in [0.25, 0.3) is 0 Å². The van der Waals surface area contributed by atoms with Crippen LogP contribution in [0.15, 0.2) is 47.4 Å². The first kappa shape index (κ1) is 21.8. The second kappa shape index (κ2) is 9.27. The molecule has 0 bridgehead atoms. The largest absolute Gasteiger partial charge is 0.496 e. The quantitative estimate of drug-likeness (QED) is 0.370. The predicted octanol–water partition coefficient (Wildman–Crippen LogP) is 6.40. The van der Waals surface area contributed by atoms with Gasteiger partial charge in [-0.3, -0.25) is 4.90 Å². The molecule has 2 aromatic rings. The fraction of sp³-hybridized carbons (Fsp3) is 0.440. The average Bonchev–Trinajstić information content (AvgIpc) is 2.65. The Kier molecular flexibility index (Phi) is 6.97. The summed E-state index contributed by atoms with van der Waals surface area (Å²) < 4.78 is 11.4. The van der Waals surface area contributed by atoms with Gasteiger partial charge in [0.2, 0.25) is 0 Å². The third-order valence-electron chi connectivity index (χ3n) is 4.92. The molecule has 0 N–H and O–H groups in total. The lowest BCUT2D eigenvalue weighted by molar-refractivity contribution is 0.159. The predicted molar refractivity (Wildman–Crippen MR) is 124 cm³/mol. The fourth-order valence-corrected chi connectivity index (χ4v) is 4.52. The van der Waals surface area contributed by atoms with Crippen LogP contribution in [-0.4, -0.2) is 30.0 Å². The number of rotatable bonds is 8. The first-order chi connectivity index (χ1) is 13.8. The van der Waals surface area contributed by atoms with Crippen molar-refractivity contribution >= 4 is 17.8 Å². The van der Waals surface area contributed by atoms with Gasteiger partial charge in [0.05, 0.1) is 7.11 Å². The molecule has 0 aromatic heterocycles. The topological polar surface area (TPSA) is 21.7 Å². The zero-order chi connectivity index (χ0) is 21.0. The highest BCUT2D eigenvalue weighted by Gasteiger charge is 2.21. The number of thioether (sulfide) groups is 1. The van der Waals surface area contributed by atoms with Crippen molar-refractivity contribution < 1.29 is 9.47 Å². The van der Waals surface area contributed by atoms with Crippen LogP contribution in [0.5, 0.6) is 11.5 Å². The summed E-state index contributed by atoms with van der Waals surface area (Å²) in [5.74, 6) is 3.50. The Labute approximate surface area is 180 Å². The highest BCUT2D eigenvalue weighted by molar-refractivity contribution is 7.99. The van der Waals surface area contributed by atoms with Crippen LogP contribution in [0.3, 0.4) is 0 Å². The fourth-order valence-electron chi connectivity index (χ4n) is 3.57. The number of methoxy groups -OCH3 is 1. The van der Waals surface area contributed by atoms with Crippen LogP contribution >= 0.6 is 11.8 Å². The van der Waals surface area contributed by atoms with E-state index >= 15 is 0 Å². The summed E-state index contributed by atoms with van der Waals surface area (Å²) in [7, 11) is 1.72. The van der Waals surface area contributed by atoms with E-state index in [1.165, 1.54) is 21.6 Å². The van der Waals surface area contributed by atoms with E-state index in [1.54, 1.807) is 7.11 Å². The van der Waals surface area contributed by atoms with Crippen LogP contribution in [-0.2, 0) is 6.54 Å². The van der Waals surface area contributed by atoms with Crippen molar-refractivity contribution in [2.45, 2.75) is 51.7 Å². The molecule has 0 radical (unpaired) electrons. The smallest absolute Gasteiger partial charge is 0.127 e. The summed E-state index contributed by atoms with van der Waals surface area (Å²) in [5.41, 5.74) is 3.44. The van der Waals surface area contributed by atoms with Crippen LogP contribution < -0.4 is 9.47 Å². The molecule has 3 rings (SSSR count). The van der Waals surface area contributed by atoms with Gasteiger partial charge in [-0.25, -0.2) is 0 Å². The van der Waals surface area contributed by atoms with Gasteiger partial charge in [0, 0.05) is 29.4 Å². The summed E-state index contributed by atoms with van der Waals surface area (Å²) >= 11 is 1.88. The maximum absolute atomic E-state index is 6.06. The lowest BCUT2D eigenvalue weighted by atomic mass is 10.0. The Hall–Kier alpha value is -1.91. The minimum atomic E-state index is -0.231. The van der Waals surface area contributed by atoms with E-state index in [0.717, 1.165) is 30.5 Å². The molecule has 29 heavy (non-hydrogen) atoms. The Morgan fingerprint density at radius 2 is 1.93 bits per heavy atom. The Morgan fingerprint density at radius 3 is 2.62 bits per heavy atom. The van der Waals surface area contributed by atoms with Gasteiger partial charge in [-0.2, -0.15) is 0 Å². The number of benzene rings is 2. The van der Waals surface area contributed by atoms with Crippen molar-refractivity contribution in [2.75, 3.05) is 19.5 Å². The van der Waals surface area contributed by atoms with E-state index in [1.807, 2.05) is 11.8 Å². The van der Waals surface area contributed by atoms with Crippen LogP contribution in [0.4, 0.5) is 0 Å². The Morgan fingerprint density at radius 1 is 1.14 bits per heavy atom. The third-order valence-corrected chi connectivity index (χ3v) is 6.00. The van der Waals surface area contributed by atoms with Crippen LogP contribution in [0.2, 0.25) is 0 Å². The normalized spacial score (nSPS) is 14.8. The van der Waals surface area contributed by atoms with Crippen molar-refractivity contribution in [2.24, 2.45) is 5.92 Å². The zero-order valence-electron chi connectivity index (χ0n) is 18.5. The summed E-state index contributed by atoms with van der Waals surface area (Å²) in [6.07, 6.45) is 4.32. The standard InChI is InChI=1S/C25H33NO2S/c1-18(2)15-26(17-29-22-8-10-23(27-6)19(3)13-22)16-20-7-9-24-21(14-20)11-12-25(4,5)28-24/h7-14,18H,15-17H2,1-6H3. The molecular formula is C25H33NO2S. The highest BCUT2D eigenvalue weighted by Crippen LogP contribution is 2.32. The summed E-state index contributed by atoms with van der Waals surface area (Å²) in [4.78, 5) is 3.80. The van der Waals surface area contributed by atoms with Crippen molar-refractivity contribution in [3.63, 3.8) is 0 Å². The summed E-state index contributed by atoms with van der Waals surface area (Å²) in [5, 5.41) is 0. The molecule has 1 aliphatic rings. The molecule has 0 fully saturated rings. The molecule has 1 heterocycles. The van der Waals surface area contributed by atoms with Crippen LogP contribution in [0.25, 0.3) is 6.08 Å². The van der Waals surface area contributed by atoms with Gasteiger partial charge >= 0.3 is 0 Å². The summed E-state index contributed by atoms with van der Waals surface area (Å²) in [6, 6.07) is 13.0. The average molecular weight is 412 g/mol. The van der Waals surface area contributed by atoms with Gasteiger partial charge in [-0.15, -0.1) is 11.8 Å². The number of aryl methyl sites for hydroxylation is 1. The second-order valence-corrected chi connectivity index (χ2v) is 9.74. The van der Waals surface area contributed by atoms with Crippen LogP contribution in [0.1, 0.15) is 44.4 Å². The van der Waals surface area contributed by atoms with Gasteiger partial charge in [0.15, 0.2) is 0 Å². The van der Waals surface area contributed by atoms with Gasteiger partial charge in [-0.1, -0.05) is 26.0 Å². The van der Waals surface area contributed by atoms with E-state index < -0.39 is 0 Å². The first-order valence-electron chi connectivity index (χ1n) is 10.3. The lowest BCUT2D eigenvalue weighted by Crippen LogP contribution is -2.28. The number of fused-ring (bicyclic) bond motifs is 1. The van der Waals surface area contributed by atoms with E-state index in [0.29, 0.717) is 5.92 Å². The number of ether oxygens (including phenoxy) is 2. The molecule has 156 valence electrons. The molecular weight excluding hydrogens is 378 g/mol. The molecule has 0 atom stereocenters. The molecule has 1 aliphatic heterocycles. The van der Waals surface area contributed by atoms with E-state index in [9.17, 15) is 0 Å². The SMILES string of the molecule is COc1ccc(SCN(Cc2ccc3c(c2)C=CC(C)(C)O3)CC(C)C)cc1C. The Bertz CT molecular complexity index is 873. The maximum Gasteiger partial charge on any atom is 0.127 e. The van der Waals surface area contributed by atoms with Crippen molar-refractivity contribution in [1.82, 2.24) is 4.90 Å². The zero-order valence-corrected chi connectivity index (χ0v) is 19.3. The van der Waals surface area contributed by atoms with E-state index in [-0.39, 0.29) is 5.60 Å². The molecule has 0 aliphatic carbocycles.